The lowest BCUT2D eigenvalue weighted by molar-refractivity contribution is 0.121. The van der Waals surface area contributed by atoms with E-state index in [0.29, 0.717) is 12.4 Å². The summed E-state index contributed by atoms with van der Waals surface area (Å²) in [5.41, 5.74) is 0.960. The SMILES string of the molecule is CCn1ncc(I)c1NC(=O)O[C@H](C)c1ccccc1. The molecule has 0 bridgehead atoms. The summed E-state index contributed by atoms with van der Waals surface area (Å²) in [6, 6.07) is 9.62. The maximum absolute atomic E-state index is 11.9. The molecular weight excluding hydrogens is 369 g/mol. The van der Waals surface area contributed by atoms with E-state index in [-0.39, 0.29) is 6.10 Å². The van der Waals surface area contributed by atoms with Crippen LogP contribution in [0.2, 0.25) is 0 Å². The molecule has 1 N–H and O–H groups in total. The molecule has 1 amide bonds. The Morgan fingerprint density at radius 2 is 2.15 bits per heavy atom. The third kappa shape index (κ3) is 3.50. The number of hydrogen-bond acceptors (Lipinski definition) is 3. The van der Waals surface area contributed by atoms with E-state index >= 15 is 0 Å². The smallest absolute Gasteiger partial charge is 0.413 e. The molecule has 0 unspecified atom stereocenters. The average Bonchev–Trinajstić information content (AvgIpc) is 2.80. The highest BCUT2D eigenvalue weighted by Crippen LogP contribution is 2.20. The standard InChI is InChI=1S/C14H16IN3O2/c1-3-18-13(12(15)9-16-18)17-14(19)20-10(2)11-7-5-4-6-8-11/h4-10H,3H2,1-2H3,(H,17,19)/t10-/m1/s1. The first kappa shape index (κ1) is 14.8. The predicted octanol–water partition coefficient (Wildman–Crippen LogP) is 3.82. The summed E-state index contributed by atoms with van der Waals surface area (Å²) in [7, 11) is 0. The Morgan fingerprint density at radius 1 is 1.45 bits per heavy atom. The number of nitrogens with zero attached hydrogens (tertiary/aromatic N) is 2. The molecule has 0 saturated carbocycles. The zero-order chi connectivity index (χ0) is 14.5. The molecule has 106 valence electrons. The highest BCUT2D eigenvalue weighted by molar-refractivity contribution is 14.1. The molecule has 1 heterocycles. The highest BCUT2D eigenvalue weighted by atomic mass is 127. The number of anilines is 1. The Kier molecular flexibility index (Phi) is 4.99. The quantitative estimate of drug-likeness (QED) is 0.815. The summed E-state index contributed by atoms with van der Waals surface area (Å²) in [5, 5.41) is 6.91. The first-order valence-corrected chi connectivity index (χ1v) is 7.43. The third-order valence-corrected chi connectivity index (χ3v) is 3.66. The minimum atomic E-state index is -0.477. The molecule has 1 atom stereocenters. The zero-order valence-corrected chi connectivity index (χ0v) is 13.5. The fraction of sp³-hybridized carbons (Fsp3) is 0.286. The summed E-state index contributed by atoms with van der Waals surface area (Å²) in [6.07, 6.45) is 0.932. The van der Waals surface area contributed by atoms with E-state index < -0.39 is 6.09 Å². The van der Waals surface area contributed by atoms with Gasteiger partial charge in [0.1, 0.15) is 11.9 Å². The van der Waals surface area contributed by atoms with Gasteiger partial charge in [0.25, 0.3) is 0 Å². The molecule has 2 aromatic rings. The van der Waals surface area contributed by atoms with E-state index in [2.05, 4.69) is 33.0 Å². The molecule has 5 nitrogen and oxygen atoms in total. The van der Waals surface area contributed by atoms with E-state index in [4.69, 9.17) is 4.74 Å². The van der Waals surface area contributed by atoms with Crippen LogP contribution in [0, 0.1) is 3.57 Å². The summed E-state index contributed by atoms with van der Waals surface area (Å²) in [6.45, 7) is 4.50. The van der Waals surface area contributed by atoms with Crippen LogP contribution in [-0.4, -0.2) is 15.9 Å². The van der Waals surface area contributed by atoms with Crippen LogP contribution >= 0.6 is 22.6 Å². The Hall–Kier alpha value is -1.57. The van der Waals surface area contributed by atoms with Crippen molar-refractivity contribution in [2.45, 2.75) is 26.5 Å². The van der Waals surface area contributed by atoms with Crippen LogP contribution in [0.15, 0.2) is 36.5 Å². The van der Waals surface area contributed by atoms with E-state index in [1.54, 1.807) is 10.9 Å². The van der Waals surface area contributed by atoms with Crippen molar-refractivity contribution in [3.63, 3.8) is 0 Å². The molecule has 1 aromatic heterocycles. The number of ether oxygens (including phenoxy) is 1. The number of carbonyl (C=O) groups is 1. The van der Waals surface area contributed by atoms with Crippen LogP contribution in [0.4, 0.5) is 10.6 Å². The molecule has 2 rings (SSSR count). The fourth-order valence-corrected chi connectivity index (χ4v) is 2.34. The maximum atomic E-state index is 11.9. The minimum Gasteiger partial charge on any atom is -0.441 e. The second kappa shape index (κ2) is 6.74. The summed E-state index contributed by atoms with van der Waals surface area (Å²) in [4.78, 5) is 11.9. The Balaban J connectivity index is 2.01. The topological polar surface area (TPSA) is 56.2 Å². The number of hydrogen-bond donors (Lipinski definition) is 1. The molecule has 6 heteroatoms. The van der Waals surface area contributed by atoms with Crippen molar-refractivity contribution in [2.24, 2.45) is 0 Å². The van der Waals surface area contributed by atoms with Gasteiger partial charge in [-0.15, -0.1) is 0 Å². The van der Waals surface area contributed by atoms with Gasteiger partial charge in [-0.2, -0.15) is 5.10 Å². The van der Waals surface area contributed by atoms with Crippen molar-refractivity contribution in [3.8, 4) is 0 Å². The van der Waals surface area contributed by atoms with Gasteiger partial charge in [0.05, 0.1) is 9.77 Å². The van der Waals surface area contributed by atoms with Gasteiger partial charge in [-0.1, -0.05) is 30.3 Å². The number of halogens is 1. The van der Waals surface area contributed by atoms with Gasteiger partial charge < -0.3 is 4.74 Å². The van der Waals surface area contributed by atoms with Crippen LogP contribution in [-0.2, 0) is 11.3 Å². The third-order valence-electron chi connectivity index (χ3n) is 2.87. The van der Waals surface area contributed by atoms with E-state index in [1.165, 1.54) is 0 Å². The Bertz CT molecular complexity index is 583. The number of aryl methyl sites for hydroxylation is 1. The molecule has 0 aliphatic carbocycles. The lowest BCUT2D eigenvalue weighted by Gasteiger charge is -2.14. The number of amides is 1. The number of aromatic nitrogens is 2. The van der Waals surface area contributed by atoms with Crippen molar-refractivity contribution in [3.05, 3.63) is 45.7 Å². The minimum absolute atomic E-state index is 0.299. The van der Waals surface area contributed by atoms with Gasteiger partial charge >= 0.3 is 6.09 Å². The van der Waals surface area contributed by atoms with Crippen LogP contribution in [0.1, 0.15) is 25.5 Å². The van der Waals surface area contributed by atoms with E-state index in [1.807, 2.05) is 44.2 Å². The summed E-state index contributed by atoms with van der Waals surface area (Å²) < 4.78 is 7.97. The monoisotopic (exact) mass is 385 g/mol. The van der Waals surface area contributed by atoms with Gasteiger partial charge in [0, 0.05) is 6.54 Å². The lowest BCUT2D eigenvalue weighted by atomic mass is 10.1. The Morgan fingerprint density at radius 3 is 2.80 bits per heavy atom. The van der Waals surface area contributed by atoms with Crippen LogP contribution in [0.25, 0.3) is 0 Å². The molecule has 0 aliphatic heterocycles. The summed E-state index contributed by atoms with van der Waals surface area (Å²) in [5.74, 6) is 0.665. The number of benzene rings is 1. The van der Waals surface area contributed by atoms with Gasteiger partial charge in [-0.05, 0) is 42.0 Å². The van der Waals surface area contributed by atoms with E-state index in [9.17, 15) is 4.79 Å². The summed E-state index contributed by atoms with van der Waals surface area (Å²) >= 11 is 2.13. The maximum Gasteiger partial charge on any atom is 0.413 e. The number of nitrogens with one attached hydrogen (secondary N) is 1. The normalized spacial score (nSPS) is 11.9. The molecule has 0 spiro atoms. The van der Waals surface area contributed by atoms with Gasteiger partial charge in [-0.3, -0.25) is 5.32 Å². The molecule has 0 radical (unpaired) electrons. The second-order valence-corrected chi connectivity index (χ2v) is 5.40. The second-order valence-electron chi connectivity index (χ2n) is 4.24. The number of rotatable bonds is 4. The molecular formula is C14H16IN3O2. The largest absolute Gasteiger partial charge is 0.441 e. The lowest BCUT2D eigenvalue weighted by Crippen LogP contribution is -2.19. The fourth-order valence-electron chi connectivity index (χ4n) is 1.81. The molecule has 0 saturated heterocycles. The van der Waals surface area contributed by atoms with Crippen LogP contribution < -0.4 is 5.32 Å². The van der Waals surface area contributed by atoms with E-state index in [0.717, 1.165) is 9.13 Å². The van der Waals surface area contributed by atoms with Crippen LogP contribution in [0.5, 0.6) is 0 Å². The van der Waals surface area contributed by atoms with Crippen molar-refractivity contribution in [1.29, 1.82) is 0 Å². The molecule has 0 aliphatic rings. The molecule has 0 fully saturated rings. The van der Waals surface area contributed by atoms with Crippen molar-refractivity contribution < 1.29 is 9.53 Å². The zero-order valence-electron chi connectivity index (χ0n) is 11.3. The van der Waals surface area contributed by atoms with Crippen LogP contribution in [0.3, 0.4) is 0 Å². The van der Waals surface area contributed by atoms with Crippen molar-refractivity contribution in [1.82, 2.24) is 9.78 Å². The predicted molar refractivity (Wildman–Crippen MR) is 85.6 cm³/mol. The highest BCUT2D eigenvalue weighted by Gasteiger charge is 2.15. The average molecular weight is 385 g/mol. The van der Waals surface area contributed by atoms with Crippen molar-refractivity contribution in [2.75, 3.05) is 5.32 Å². The van der Waals surface area contributed by atoms with Gasteiger partial charge in [-0.25, -0.2) is 9.48 Å². The first-order valence-electron chi connectivity index (χ1n) is 6.35. The molecule has 20 heavy (non-hydrogen) atoms. The Labute approximate surface area is 131 Å². The molecule has 1 aromatic carbocycles. The van der Waals surface area contributed by atoms with Crippen molar-refractivity contribution >= 4 is 34.5 Å². The van der Waals surface area contributed by atoms with Gasteiger partial charge in [0.2, 0.25) is 0 Å². The van der Waals surface area contributed by atoms with Gasteiger partial charge in [0.15, 0.2) is 0 Å². The first-order chi connectivity index (χ1) is 9.61. The number of carbonyl (C=O) groups excluding carboxylic acids is 1.